The first-order chi connectivity index (χ1) is 4.75. The van der Waals surface area contributed by atoms with E-state index in [-0.39, 0.29) is 0 Å². The second-order valence-electron chi connectivity index (χ2n) is 2.85. The zero-order valence-electron chi connectivity index (χ0n) is 6.96. The van der Waals surface area contributed by atoms with Gasteiger partial charge >= 0.3 is 0 Å². The van der Waals surface area contributed by atoms with Crippen molar-refractivity contribution in [3.05, 3.63) is 24.0 Å². The maximum absolute atomic E-state index is 2.31. The lowest BCUT2D eigenvalue weighted by Crippen LogP contribution is -2.02. The lowest BCUT2D eigenvalue weighted by Gasteiger charge is -2.10. The molecule has 0 unspecified atom stereocenters. The van der Waals surface area contributed by atoms with Crippen LogP contribution in [0, 0.1) is 0 Å². The number of hydrogen-bond donors (Lipinski definition) is 0. The zero-order valence-corrected chi connectivity index (χ0v) is 6.96. The monoisotopic (exact) mass is 137 g/mol. The standard InChI is InChI=1S/C9H15N/c1-4-9-6-5-7-10(9)8(2)3/h5-8H,4H2,1-3H3. The SMILES string of the molecule is CCc1cccn1C(C)C. The van der Waals surface area contributed by atoms with Crippen molar-refractivity contribution < 1.29 is 0 Å². The van der Waals surface area contributed by atoms with Gasteiger partial charge in [-0.25, -0.2) is 0 Å². The minimum absolute atomic E-state index is 0.602. The van der Waals surface area contributed by atoms with Crippen molar-refractivity contribution in [1.29, 1.82) is 0 Å². The summed E-state index contributed by atoms with van der Waals surface area (Å²) in [5.41, 5.74) is 1.43. The highest BCUT2D eigenvalue weighted by molar-refractivity contribution is 5.07. The molecule has 0 aliphatic carbocycles. The second-order valence-corrected chi connectivity index (χ2v) is 2.85. The fourth-order valence-corrected chi connectivity index (χ4v) is 1.23. The quantitative estimate of drug-likeness (QED) is 0.590. The summed E-state index contributed by atoms with van der Waals surface area (Å²) >= 11 is 0. The van der Waals surface area contributed by atoms with Gasteiger partial charge in [0.05, 0.1) is 0 Å². The highest BCUT2D eigenvalue weighted by atomic mass is 15.0. The van der Waals surface area contributed by atoms with Gasteiger partial charge in [-0.1, -0.05) is 6.92 Å². The fourth-order valence-electron chi connectivity index (χ4n) is 1.23. The number of hydrogen-bond acceptors (Lipinski definition) is 0. The molecule has 0 radical (unpaired) electrons. The van der Waals surface area contributed by atoms with Crippen LogP contribution in [0.25, 0.3) is 0 Å². The average Bonchev–Trinajstić information content (AvgIpc) is 2.33. The highest BCUT2D eigenvalue weighted by Gasteiger charge is 1.99. The van der Waals surface area contributed by atoms with E-state index in [1.165, 1.54) is 5.69 Å². The predicted molar refractivity (Wildman–Crippen MR) is 44.2 cm³/mol. The molecule has 1 rings (SSSR count). The van der Waals surface area contributed by atoms with Crippen LogP contribution in [-0.4, -0.2) is 4.57 Å². The third-order valence-corrected chi connectivity index (χ3v) is 1.79. The Morgan fingerprint density at radius 2 is 2.20 bits per heavy atom. The Bertz CT molecular complexity index is 198. The maximum atomic E-state index is 2.31. The van der Waals surface area contributed by atoms with E-state index in [2.05, 4.69) is 43.7 Å². The van der Waals surface area contributed by atoms with E-state index in [0.29, 0.717) is 6.04 Å². The van der Waals surface area contributed by atoms with Crippen LogP contribution < -0.4 is 0 Å². The van der Waals surface area contributed by atoms with Gasteiger partial charge in [-0.05, 0) is 32.4 Å². The smallest absolute Gasteiger partial charge is 0.0276 e. The van der Waals surface area contributed by atoms with Gasteiger partial charge in [0.15, 0.2) is 0 Å². The minimum Gasteiger partial charge on any atom is -0.349 e. The Morgan fingerprint density at radius 1 is 1.50 bits per heavy atom. The molecule has 10 heavy (non-hydrogen) atoms. The Kier molecular flexibility index (Phi) is 2.15. The van der Waals surface area contributed by atoms with Crippen LogP contribution in [0.15, 0.2) is 18.3 Å². The molecule has 0 amide bonds. The molecule has 1 heterocycles. The zero-order chi connectivity index (χ0) is 7.56. The van der Waals surface area contributed by atoms with E-state index in [4.69, 9.17) is 0 Å². The molecule has 0 aromatic carbocycles. The van der Waals surface area contributed by atoms with Crippen molar-refractivity contribution >= 4 is 0 Å². The molecule has 1 aromatic rings. The van der Waals surface area contributed by atoms with Gasteiger partial charge in [-0.2, -0.15) is 0 Å². The number of rotatable bonds is 2. The second kappa shape index (κ2) is 2.91. The Hall–Kier alpha value is -0.720. The largest absolute Gasteiger partial charge is 0.349 e. The molecule has 56 valence electrons. The molecule has 0 spiro atoms. The first-order valence-corrected chi connectivity index (χ1v) is 3.91. The van der Waals surface area contributed by atoms with Gasteiger partial charge in [0.1, 0.15) is 0 Å². The summed E-state index contributed by atoms with van der Waals surface area (Å²) in [5, 5.41) is 0. The normalized spacial score (nSPS) is 10.8. The Balaban J connectivity index is 2.90. The van der Waals surface area contributed by atoms with Crippen LogP contribution in [0.3, 0.4) is 0 Å². The minimum atomic E-state index is 0.602. The number of nitrogens with zero attached hydrogens (tertiary/aromatic N) is 1. The fraction of sp³-hybridized carbons (Fsp3) is 0.556. The third kappa shape index (κ3) is 1.23. The van der Waals surface area contributed by atoms with Crippen LogP contribution in [0.2, 0.25) is 0 Å². The molecule has 1 heteroatoms. The number of aryl methyl sites for hydroxylation is 1. The molecule has 1 aromatic heterocycles. The molecule has 0 saturated heterocycles. The van der Waals surface area contributed by atoms with Crippen molar-refractivity contribution in [2.75, 3.05) is 0 Å². The van der Waals surface area contributed by atoms with Gasteiger partial charge in [0.2, 0.25) is 0 Å². The van der Waals surface area contributed by atoms with Crippen molar-refractivity contribution in [3.63, 3.8) is 0 Å². The molecule has 0 N–H and O–H groups in total. The molecule has 1 nitrogen and oxygen atoms in total. The van der Waals surface area contributed by atoms with Crippen LogP contribution in [0.1, 0.15) is 32.5 Å². The summed E-state index contributed by atoms with van der Waals surface area (Å²) in [4.78, 5) is 0. The maximum Gasteiger partial charge on any atom is 0.0276 e. The van der Waals surface area contributed by atoms with Gasteiger partial charge < -0.3 is 4.57 Å². The summed E-state index contributed by atoms with van der Waals surface area (Å²) < 4.78 is 2.31. The summed E-state index contributed by atoms with van der Waals surface area (Å²) in [6, 6.07) is 4.89. The van der Waals surface area contributed by atoms with Crippen molar-refractivity contribution in [1.82, 2.24) is 4.57 Å². The molecule has 0 bridgehead atoms. The number of aromatic nitrogens is 1. The van der Waals surface area contributed by atoms with Gasteiger partial charge in [-0.15, -0.1) is 0 Å². The lowest BCUT2D eigenvalue weighted by atomic mass is 10.3. The van der Waals surface area contributed by atoms with Crippen LogP contribution in [0.4, 0.5) is 0 Å². The van der Waals surface area contributed by atoms with Crippen molar-refractivity contribution in [3.8, 4) is 0 Å². The lowest BCUT2D eigenvalue weighted by molar-refractivity contribution is 0.579. The van der Waals surface area contributed by atoms with E-state index in [1.807, 2.05) is 0 Å². The van der Waals surface area contributed by atoms with Gasteiger partial charge in [-0.3, -0.25) is 0 Å². The first-order valence-electron chi connectivity index (χ1n) is 3.91. The van der Waals surface area contributed by atoms with Gasteiger partial charge in [0, 0.05) is 17.9 Å². The average molecular weight is 137 g/mol. The summed E-state index contributed by atoms with van der Waals surface area (Å²) in [7, 11) is 0. The van der Waals surface area contributed by atoms with Crippen LogP contribution in [-0.2, 0) is 6.42 Å². The molecule has 0 aliphatic rings. The van der Waals surface area contributed by atoms with Crippen LogP contribution >= 0.6 is 0 Å². The summed E-state index contributed by atoms with van der Waals surface area (Å²) in [5.74, 6) is 0. The van der Waals surface area contributed by atoms with E-state index in [1.54, 1.807) is 0 Å². The predicted octanol–water partition coefficient (Wildman–Crippen LogP) is 2.63. The molecule has 0 saturated carbocycles. The Morgan fingerprint density at radius 3 is 2.60 bits per heavy atom. The molecule has 0 fully saturated rings. The van der Waals surface area contributed by atoms with E-state index in [0.717, 1.165) is 6.42 Å². The highest BCUT2D eigenvalue weighted by Crippen LogP contribution is 2.10. The van der Waals surface area contributed by atoms with E-state index >= 15 is 0 Å². The first kappa shape index (κ1) is 7.39. The topological polar surface area (TPSA) is 4.93 Å². The van der Waals surface area contributed by atoms with Gasteiger partial charge in [0.25, 0.3) is 0 Å². The molecule has 0 aliphatic heterocycles. The van der Waals surface area contributed by atoms with Crippen molar-refractivity contribution in [2.24, 2.45) is 0 Å². The molecule has 0 atom stereocenters. The van der Waals surface area contributed by atoms with Crippen molar-refractivity contribution in [2.45, 2.75) is 33.2 Å². The molecular weight excluding hydrogens is 122 g/mol. The van der Waals surface area contributed by atoms with E-state index < -0.39 is 0 Å². The summed E-state index contributed by atoms with van der Waals surface area (Å²) in [6.45, 7) is 6.60. The Labute approximate surface area is 62.7 Å². The van der Waals surface area contributed by atoms with Crippen LogP contribution in [0.5, 0.6) is 0 Å². The summed E-state index contributed by atoms with van der Waals surface area (Å²) in [6.07, 6.45) is 3.27. The van der Waals surface area contributed by atoms with E-state index in [9.17, 15) is 0 Å². The molecular formula is C9H15N. The third-order valence-electron chi connectivity index (χ3n) is 1.79.